The Labute approximate surface area is 214 Å². The van der Waals surface area contributed by atoms with Crippen LogP contribution in [0.15, 0.2) is 60.7 Å². The van der Waals surface area contributed by atoms with Crippen LogP contribution in [0.3, 0.4) is 0 Å². The molecule has 2 fully saturated rings. The summed E-state index contributed by atoms with van der Waals surface area (Å²) in [4.78, 5) is 15.4. The van der Waals surface area contributed by atoms with Gasteiger partial charge >= 0.3 is 0 Å². The Morgan fingerprint density at radius 3 is 1.48 bits per heavy atom. The zero-order valence-electron chi connectivity index (χ0n) is 19.7. The molecule has 4 rings (SSSR count). The molecule has 33 heavy (non-hydrogen) atoms. The summed E-state index contributed by atoms with van der Waals surface area (Å²) in [6, 6.07) is 21.4. The normalized spacial score (nSPS) is 16.6. The monoisotopic (exact) mass is 497 g/mol. The minimum absolute atomic E-state index is 0. The smallest absolute Gasteiger partial charge is 0.231 e. The van der Waals surface area contributed by atoms with Crippen molar-refractivity contribution in [2.45, 2.75) is 39.8 Å². The number of benzene rings is 2. The van der Waals surface area contributed by atoms with E-state index in [1.807, 2.05) is 62.0 Å². The van der Waals surface area contributed by atoms with Crippen LogP contribution in [0, 0.1) is 62.9 Å². The predicted octanol–water partition coefficient (Wildman–Crippen LogP) is 5.52. The van der Waals surface area contributed by atoms with Crippen LogP contribution in [0.2, 0.25) is 0 Å². The number of hydrogen-bond acceptors (Lipinski definition) is 1. The van der Waals surface area contributed by atoms with Gasteiger partial charge in [0.25, 0.3) is 0 Å². The Bertz CT molecular complexity index is 752. The van der Waals surface area contributed by atoms with Crippen LogP contribution in [-0.4, -0.2) is 22.9 Å². The van der Waals surface area contributed by atoms with E-state index in [4.69, 9.17) is 0 Å². The van der Waals surface area contributed by atoms with Crippen LogP contribution >= 0.6 is 7.92 Å². The average molecular weight is 497 g/mol. The molecule has 0 spiro atoms. The van der Waals surface area contributed by atoms with Crippen molar-refractivity contribution in [1.29, 1.82) is 0 Å². The molecule has 0 unspecified atom stereocenters. The van der Waals surface area contributed by atoms with Crippen molar-refractivity contribution >= 4 is 24.4 Å². The van der Waals surface area contributed by atoms with Crippen molar-refractivity contribution in [3.63, 3.8) is 0 Å². The first-order chi connectivity index (χ1) is 15.5. The van der Waals surface area contributed by atoms with Gasteiger partial charge in [-0.25, -0.2) is 0 Å². The van der Waals surface area contributed by atoms with Gasteiger partial charge in [-0.3, -0.25) is 4.79 Å². The third-order valence-corrected chi connectivity index (χ3v) is 7.70. The number of hydrogen-bond donors (Lipinski definition) is 0. The molecule has 2 aliphatic rings. The van der Waals surface area contributed by atoms with Gasteiger partial charge in [-0.05, 0) is 97.6 Å². The molecule has 0 aliphatic heterocycles. The zero-order chi connectivity index (χ0) is 22.9. The molecule has 1 amide bonds. The molecule has 172 valence electrons. The molecule has 0 bridgehead atoms. The van der Waals surface area contributed by atoms with Crippen LogP contribution in [-0.2, 0) is 21.9 Å². The van der Waals surface area contributed by atoms with Gasteiger partial charge < -0.3 is 4.90 Å². The Morgan fingerprint density at radius 1 is 0.667 bits per heavy atom. The third kappa shape index (κ3) is 7.68. The standard InChI is InChI=1S/C24H27NOP.C5H5.Fe/c1-18(2)25(19(3)4)24(26)22-16-11-17-23(22)27(20-12-7-5-8-13-20)21-14-9-6-10-15-21;1-2-4-5-3-1;/h5-19H,1-4H3;1-5H;. The minimum Gasteiger partial charge on any atom is -0.337 e. The predicted molar refractivity (Wildman–Crippen MR) is 137 cm³/mol. The zero-order valence-corrected chi connectivity index (χ0v) is 21.7. The van der Waals surface area contributed by atoms with Crippen molar-refractivity contribution in [1.82, 2.24) is 4.90 Å². The Hall–Kier alpha value is -1.14. The second kappa shape index (κ2) is 14.3. The largest absolute Gasteiger partial charge is 0.337 e. The summed E-state index contributed by atoms with van der Waals surface area (Å²) >= 11 is 0. The average Bonchev–Trinajstić information content (AvgIpc) is 3.51. The van der Waals surface area contributed by atoms with Gasteiger partial charge in [0.1, 0.15) is 0 Å². The van der Waals surface area contributed by atoms with Crippen molar-refractivity contribution in [3.05, 3.63) is 124 Å². The van der Waals surface area contributed by atoms with Crippen molar-refractivity contribution in [2.75, 3.05) is 0 Å². The molecule has 2 aromatic rings. The van der Waals surface area contributed by atoms with E-state index in [9.17, 15) is 4.79 Å². The van der Waals surface area contributed by atoms with Gasteiger partial charge in [-0.2, -0.15) is 0 Å². The van der Waals surface area contributed by atoms with E-state index in [1.54, 1.807) is 0 Å². The summed E-state index contributed by atoms with van der Waals surface area (Å²) in [5, 5.41) is 2.53. The van der Waals surface area contributed by atoms with E-state index in [-0.39, 0.29) is 35.1 Å². The molecular formula is C29H32FeNOP. The first-order valence-corrected chi connectivity index (χ1v) is 12.5. The molecule has 0 aromatic heterocycles. The van der Waals surface area contributed by atoms with Gasteiger partial charge in [-0.1, -0.05) is 60.7 Å². The van der Waals surface area contributed by atoms with Crippen LogP contribution in [0.25, 0.3) is 0 Å². The maximum Gasteiger partial charge on any atom is 0.231 e. The van der Waals surface area contributed by atoms with E-state index >= 15 is 0 Å². The molecule has 2 aromatic carbocycles. The minimum atomic E-state index is -0.773. The number of rotatable bonds is 6. The van der Waals surface area contributed by atoms with Crippen molar-refractivity contribution < 1.29 is 21.9 Å². The van der Waals surface area contributed by atoms with Crippen LogP contribution in [0.1, 0.15) is 27.7 Å². The van der Waals surface area contributed by atoms with E-state index in [1.165, 1.54) is 10.6 Å². The molecule has 0 saturated heterocycles. The fourth-order valence-corrected chi connectivity index (χ4v) is 6.33. The number of nitrogens with zero attached hydrogens (tertiary/aromatic N) is 1. The van der Waals surface area contributed by atoms with E-state index in [0.717, 1.165) is 11.6 Å². The third-order valence-electron chi connectivity index (χ3n) is 5.20. The summed E-state index contributed by atoms with van der Waals surface area (Å²) in [5.74, 6) is 0.954. The molecule has 4 heteroatoms. The van der Waals surface area contributed by atoms with Crippen molar-refractivity contribution in [2.24, 2.45) is 0 Å². The van der Waals surface area contributed by atoms with Crippen molar-refractivity contribution in [3.8, 4) is 0 Å². The fraction of sp³-hybridized carbons (Fsp3) is 0.207. The maximum absolute atomic E-state index is 13.4. The second-order valence-corrected chi connectivity index (χ2v) is 10.4. The fourth-order valence-electron chi connectivity index (χ4n) is 3.89. The maximum atomic E-state index is 13.4. The van der Waals surface area contributed by atoms with Gasteiger partial charge in [0.05, 0.1) is 5.92 Å². The van der Waals surface area contributed by atoms with Gasteiger partial charge in [0, 0.05) is 34.8 Å². The molecule has 2 aliphatic carbocycles. The van der Waals surface area contributed by atoms with E-state index in [2.05, 4.69) is 82.6 Å². The van der Waals surface area contributed by atoms with Crippen LogP contribution in [0.5, 0.6) is 0 Å². The SMILES string of the molecule is CC(C)N(C(=O)[C]1[CH][CH][CH][C]1P(c1ccccc1)c1ccccc1)C(C)C.[CH]1[CH][CH][CH][CH]1.[Fe]. The second-order valence-electron chi connectivity index (χ2n) is 8.19. The summed E-state index contributed by atoms with van der Waals surface area (Å²) in [6.45, 7) is 8.32. The first kappa shape index (κ1) is 28.1. The number of carbonyl (C=O) groups excluding carboxylic acids is 1. The molecule has 0 N–H and O–H groups in total. The summed E-state index contributed by atoms with van der Waals surface area (Å²) in [6.07, 6.45) is 16.1. The quantitative estimate of drug-likeness (QED) is 0.381. The Kier molecular flexibility index (Phi) is 12.2. The van der Waals surface area contributed by atoms with Gasteiger partial charge in [0.15, 0.2) is 0 Å². The molecule has 2 nitrogen and oxygen atoms in total. The molecule has 2 saturated carbocycles. The molecular weight excluding hydrogens is 465 g/mol. The van der Waals surface area contributed by atoms with Gasteiger partial charge in [-0.15, -0.1) is 0 Å². The summed E-state index contributed by atoms with van der Waals surface area (Å²) < 4.78 is 0. The molecule has 0 atom stereocenters. The van der Waals surface area contributed by atoms with Crippen LogP contribution < -0.4 is 10.6 Å². The van der Waals surface area contributed by atoms with E-state index < -0.39 is 7.92 Å². The first-order valence-electron chi connectivity index (χ1n) is 11.2. The molecule has 10 radical (unpaired) electrons. The number of amides is 1. The topological polar surface area (TPSA) is 20.3 Å². The van der Waals surface area contributed by atoms with Crippen LogP contribution in [0.4, 0.5) is 0 Å². The Balaban J connectivity index is 0.000000568. The Morgan fingerprint density at radius 2 is 1.09 bits per heavy atom. The summed E-state index contributed by atoms with van der Waals surface area (Å²) in [7, 11) is -0.773. The van der Waals surface area contributed by atoms with E-state index in [0.29, 0.717) is 0 Å². The molecule has 0 heterocycles. The van der Waals surface area contributed by atoms with Gasteiger partial charge in [0.2, 0.25) is 5.91 Å². The number of carbonyl (C=O) groups is 1. The summed E-state index contributed by atoms with van der Waals surface area (Å²) in [5.41, 5.74) is 1.14.